The summed E-state index contributed by atoms with van der Waals surface area (Å²) < 4.78 is 5.70. The smallest absolute Gasteiger partial charge is 0.169 e. The highest BCUT2D eigenvalue weighted by molar-refractivity contribution is 6.00. The van der Waals surface area contributed by atoms with Crippen molar-refractivity contribution in [2.45, 2.75) is 52.9 Å². The van der Waals surface area contributed by atoms with Crippen LogP contribution in [0.5, 0.6) is 5.75 Å². The SMILES string of the molecule is CC(C)(C)C1CCC(C(=O)c2cccc3c2OCC3)CC1. The fourth-order valence-electron chi connectivity index (χ4n) is 3.85. The predicted octanol–water partition coefficient (Wildman–Crippen LogP) is 4.66. The summed E-state index contributed by atoms with van der Waals surface area (Å²) in [5, 5.41) is 0. The van der Waals surface area contributed by atoms with E-state index in [0.717, 1.165) is 43.1 Å². The molecule has 114 valence electrons. The Kier molecular flexibility index (Phi) is 3.81. The maximum atomic E-state index is 12.8. The van der Waals surface area contributed by atoms with E-state index in [0.29, 0.717) is 11.2 Å². The number of benzene rings is 1. The number of fused-ring (bicyclic) bond motifs is 1. The van der Waals surface area contributed by atoms with Gasteiger partial charge in [-0.05, 0) is 48.6 Å². The summed E-state index contributed by atoms with van der Waals surface area (Å²) >= 11 is 0. The van der Waals surface area contributed by atoms with Crippen LogP contribution in [0.2, 0.25) is 0 Å². The van der Waals surface area contributed by atoms with Gasteiger partial charge in [-0.3, -0.25) is 4.79 Å². The lowest BCUT2D eigenvalue weighted by atomic mass is 9.68. The highest BCUT2D eigenvalue weighted by Crippen LogP contribution is 2.41. The van der Waals surface area contributed by atoms with Crippen LogP contribution < -0.4 is 4.74 Å². The van der Waals surface area contributed by atoms with Gasteiger partial charge in [-0.25, -0.2) is 0 Å². The minimum atomic E-state index is 0.194. The van der Waals surface area contributed by atoms with Gasteiger partial charge < -0.3 is 4.74 Å². The monoisotopic (exact) mass is 286 g/mol. The second-order valence-electron chi connectivity index (χ2n) is 7.67. The molecule has 21 heavy (non-hydrogen) atoms. The van der Waals surface area contributed by atoms with E-state index in [-0.39, 0.29) is 5.92 Å². The van der Waals surface area contributed by atoms with Crippen molar-refractivity contribution in [1.82, 2.24) is 0 Å². The van der Waals surface area contributed by atoms with Gasteiger partial charge in [0.05, 0.1) is 12.2 Å². The number of ketones is 1. The first-order chi connectivity index (χ1) is 9.97. The molecule has 1 aromatic rings. The molecule has 0 spiro atoms. The Morgan fingerprint density at radius 1 is 1.14 bits per heavy atom. The molecule has 0 atom stereocenters. The molecule has 0 unspecified atom stereocenters. The van der Waals surface area contributed by atoms with Crippen molar-refractivity contribution in [3.8, 4) is 5.75 Å². The molecule has 1 aromatic carbocycles. The minimum absolute atomic E-state index is 0.194. The zero-order valence-corrected chi connectivity index (χ0v) is 13.4. The standard InChI is InChI=1S/C19H26O2/c1-19(2,3)15-9-7-13(8-10-15)17(20)16-6-4-5-14-11-12-21-18(14)16/h4-6,13,15H,7-12H2,1-3H3. The molecule has 1 heterocycles. The number of hydrogen-bond donors (Lipinski definition) is 0. The summed E-state index contributed by atoms with van der Waals surface area (Å²) in [6.45, 7) is 7.67. The van der Waals surface area contributed by atoms with Crippen LogP contribution in [0.25, 0.3) is 0 Å². The fourth-order valence-corrected chi connectivity index (χ4v) is 3.85. The first-order valence-electron chi connectivity index (χ1n) is 8.25. The Balaban J connectivity index is 1.72. The van der Waals surface area contributed by atoms with Gasteiger partial charge >= 0.3 is 0 Å². The van der Waals surface area contributed by atoms with Crippen LogP contribution in [-0.4, -0.2) is 12.4 Å². The molecule has 0 bridgehead atoms. The first-order valence-corrected chi connectivity index (χ1v) is 8.25. The van der Waals surface area contributed by atoms with E-state index in [9.17, 15) is 4.79 Å². The lowest BCUT2D eigenvalue weighted by Gasteiger charge is -2.36. The molecule has 0 N–H and O–H groups in total. The van der Waals surface area contributed by atoms with Crippen LogP contribution >= 0.6 is 0 Å². The molecule has 1 aliphatic carbocycles. The summed E-state index contributed by atoms with van der Waals surface area (Å²) in [5.41, 5.74) is 2.39. The van der Waals surface area contributed by atoms with Crippen molar-refractivity contribution >= 4 is 5.78 Å². The summed E-state index contributed by atoms with van der Waals surface area (Å²) in [6.07, 6.45) is 5.35. The molecule has 2 nitrogen and oxygen atoms in total. The summed E-state index contributed by atoms with van der Waals surface area (Å²) in [7, 11) is 0. The maximum absolute atomic E-state index is 12.8. The minimum Gasteiger partial charge on any atom is -0.492 e. The van der Waals surface area contributed by atoms with Crippen LogP contribution in [0.4, 0.5) is 0 Å². The predicted molar refractivity (Wildman–Crippen MR) is 84.9 cm³/mol. The van der Waals surface area contributed by atoms with Crippen LogP contribution in [0, 0.1) is 17.3 Å². The zero-order chi connectivity index (χ0) is 15.0. The van der Waals surface area contributed by atoms with Gasteiger partial charge in [-0.15, -0.1) is 0 Å². The third-order valence-corrected chi connectivity index (χ3v) is 5.30. The average molecular weight is 286 g/mol. The third-order valence-electron chi connectivity index (χ3n) is 5.30. The molecular weight excluding hydrogens is 260 g/mol. The van der Waals surface area contributed by atoms with Crippen LogP contribution in [0.1, 0.15) is 62.4 Å². The number of carbonyl (C=O) groups is 1. The van der Waals surface area contributed by atoms with Gasteiger partial charge in [-0.2, -0.15) is 0 Å². The van der Waals surface area contributed by atoms with Gasteiger partial charge in [-0.1, -0.05) is 32.9 Å². The molecular formula is C19H26O2. The molecule has 1 aliphatic heterocycles. The van der Waals surface area contributed by atoms with Crippen LogP contribution in [0.15, 0.2) is 18.2 Å². The second kappa shape index (κ2) is 5.47. The molecule has 1 saturated carbocycles. The third kappa shape index (κ3) is 2.86. The van der Waals surface area contributed by atoms with Gasteiger partial charge in [0.25, 0.3) is 0 Å². The van der Waals surface area contributed by atoms with E-state index in [2.05, 4.69) is 26.8 Å². The van der Waals surface area contributed by atoms with Gasteiger partial charge in [0.15, 0.2) is 5.78 Å². The van der Waals surface area contributed by atoms with E-state index >= 15 is 0 Å². The summed E-state index contributed by atoms with van der Waals surface area (Å²) in [4.78, 5) is 12.8. The van der Waals surface area contributed by atoms with Gasteiger partial charge in [0.2, 0.25) is 0 Å². The Labute approximate surface area is 127 Å². The quantitative estimate of drug-likeness (QED) is 0.739. The Hall–Kier alpha value is -1.31. The highest BCUT2D eigenvalue weighted by atomic mass is 16.5. The average Bonchev–Trinajstić information content (AvgIpc) is 2.94. The normalized spacial score (nSPS) is 25.3. The van der Waals surface area contributed by atoms with Gasteiger partial charge in [0.1, 0.15) is 5.75 Å². The topological polar surface area (TPSA) is 26.3 Å². The van der Waals surface area contributed by atoms with Crippen molar-refractivity contribution < 1.29 is 9.53 Å². The van der Waals surface area contributed by atoms with Crippen molar-refractivity contribution in [3.63, 3.8) is 0 Å². The van der Waals surface area contributed by atoms with Crippen molar-refractivity contribution in [1.29, 1.82) is 0 Å². The number of para-hydroxylation sites is 1. The lowest BCUT2D eigenvalue weighted by molar-refractivity contribution is 0.0816. The number of hydrogen-bond acceptors (Lipinski definition) is 2. The largest absolute Gasteiger partial charge is 0.492 e. The summed E-state index contributed by atoms with van der Waals surface area (Å²) in [5.74, 6) is 2.11. The Morgan fingerprint density at radius 2 is 1.86 bits per heavy atom. The van der Waals surface area contributed by atoms with Crippen molar-refractivity contribution in [2.75, 3.05) is 6.61 Å². The molecule has 3 rings (SSSR count). The van der Waals surface area contributed by atoms with Crippen molar-refractivity contribution in [3.05, 3.63) is 29.3 Å². The van der Waals surface area contributed by atoms with Gasteiger partial charge in [0, 0.05) is 12.3 Å². The fraction of sp³-hybridized carbons (Fsp3) is 0.632. The molecule has 0 saturated heterocycles. The highest BCUT2D eigenvalue weighted by Gasteiger charge is 2.34. The lowest BCUT2D eigenvalue weighted by Crippen LogP contribution is -2.29. The number of rotatable bonds is 2. The summed E-state index contributed by atoms with van der Waals surface area (Å²) in [6, 6.07) is 6.03. The van der Waals surface area contributed by atoms with E-state index in [1.165, 1.54) is 18.4 Å². The maximum Gasteiger partial charge on any atom is 0.169 e. The van der Waals surface area contributed by atoms with Crippen LogP contribution in [-0.2, 0) is 6.42 Å². The molecule has 2 heteroatoms. The Bertz CT molecular complexity index is 531. The molecule has 0 radical (unpaired) electrons. The number of ether oxygens (including phenoxy) is 1. The van der Waals surface area contributed by atoms with Crippen LogP contribution in [0.3, 0.4) is 0 Å². The second-order valence-corrected chi connectivity index (χ2v) is 7.67. The first kappa shape index (κ1) is 14.6. The van der Waals surface area contributed by atoms with Crippen molar-refractivity contribution in [2.24, 2.45) is 17.3 Å². The molecule has 0 aromatic heterocycles. The molecule has 1 fully saturated rings. The van der Waals surface area contributed by atoms with E-state index in [4.69, 9.17) is 4.74 Å². The molecule has 2 aliphatic rings. The Morgan fingerprint density at radius 3 is 2.52 bits per heavy atom. The number of Topliss-reactive ketones (excluding diaryl/α,β-unsaturated/α-hetero) is 1. The van der Waals surface area contributed by atoms with E-state index < -0.39 is 0 Å². The van der Waals surface area contributed by atoms with E-state index in [1.54, 1.807) is 0 Å². The molecule has 0 amide bonds. The number of carbonyl (C=O) groups excluding carboxylic acids is 1. The van der Waals surface area contributed by atoms with E-state index in [1.807, 2.05) is 12.1 Å². The zero-order valence-electron chi connectivity index (χ0n) is 13.4.